The lowest BCUT2D eigenvalue weighted by molar-refractivity contribution is -0.113. The van der Waals surface area contributed by atoms with E-state index in [0.717, 1.165) is 22.3 Å². The summed E-state index contributed by atoms with van der Waals surface area (Å²) in [5, 5.41) is 2.97. The third kappa shape index (κ3) is 5.00. The van der Waals surface area contributed by atoms with Crippen LogP contribution in [0.3, 0.4) is 0 Å². The van der Waals surface area contributed by atoms with E-state index in [1.54, 1.807) is 0 Å². The molecule has 0 fully saturated rings. The second-order valence-corrected chi connectivity index (χ2v) is 8.96. The molecule has 4 nitrogen and oxygen atoms in total. The van der Waals surface area contributed by atoms with Gasteiger partial charge in [0.05, 0.1) is 21.4 Å². The summed E-state index contributed by atoms with van der Waals surface area (Å²) in [5.74, 6) is -0.0301. The second-order valence-electron chi connectivity index (χ2n) is 5.52. The molecular weight excluding hydrogens is 366 g/mol. The molecule has 0 heterocycles. The highest BCUT2D eigenvalue weighted by atomic mass is 35.5. The van der Waals surface area contributed by atoms with Crippen molar-refractivity contribution in [3.05, 3.63) is 52.5 Å². The van der Waals surface area contributed by atoms with Crippen molar-refractivity contribution in [3.63, 3.8) is 0 Å². The minimum atomic E-state index is -3.36. The Bertz CT molecular complexity index is 879. The molecule has 128 valence electrons. The lowest BCUT2D eigenvalue weighted by Gasteiger charge is -2.10. The number of anilines is 1. The molecule has 0 aromatic heterocycles. The highest BCUT2D eigenvalue weighted by Gasteiger charge is 2.13. The van der Waals surface area contributed by atoms with Crippen molar-refractivity contribution in [2.75, 3.05) is 17.3 Å². The third-order valence-corrected chi connectivity index (χ3v) is 5.94. The summed E-state index contributed by atoms with van der Waals surface area (Å²) >= 11 is 7.47. The van der Waals surface area contributed by atoms with Gasteiger partial charge in [0.25, 0.3) is 0 Å². The van der Waals surface area contributed by atoms with Gasteiger partial charge in [-0.1, -0.05) is 29.3 Å². The molecule has 0 radical (unpaired) electrons. The highest BCUT2D eigenvalue weighted by Crippen LogP contribution is 2.27. The lowest BCUT2D eigenvalue weighted by atomic mass is 10.2. The predicted molar refractivity (Wildman–Crippen MR) is 99.8 cm³/mol. The number of carbonyl (C=O) groups excluding carboxylic acids is 1. The number of thioether (sulfide) groups is 1. The van der Waals surface area contributed by atoms with Crippen LogP contribution in [0.1, 0.15) is 11.1 Å². The Kier molecular flexibility index (Phi) is 5.96. The van der Waals surface area contributed by atoms with Crippen LogP contribution in [-0.4, -0.2) is 26.3 Å². The monoisotopic (exact) mass is 383 g/mol. The number of carbonyl (C=O) groups is 1. The van der Waals surface area contributed by atoms with Crippen molar-refractivity contribution >= 4 is 44.8 Å². The van der Waals surface area contributed by atoms with Crippen LogP contribution in [0, 0.1) is 13.8 Å². The van der Waals surface area contributed by atoms with Crippen LogP contribution in [0.2, 0.25) is 5.02 Å². The summed E-state index contributed by atoms with van der Waals surface area (Å²) in [6, 6.07) is 10.3. The van der Waals surface area contributed by atoms with Gasteiger partial charge in [0, 0.05) is 11.2 Å². The van der Waals surface area contributed by atoms with E-state index in [0.29, 0.717) is 10.7 Å². The van der Waals surface area contributed by atoms with Gasteiger partial charge in [0.1, 0.15) is 0 Å². The van der Waals surface area contributed by atoms with Gasteiger partial charge >= 0.3 is 0 Å². The van der Waals surface area contributed by atoms with E-state index in [1.165, 1.54) is 30.0 Å². The molecule has 0 spiro atoms. The summed E-state index contributed by atoms with van der Waals surface area (Å²) in [6.45, 7) is 3.99. The summed E-state index contributed by atoms with van der Waals surface area (Å²) in [6.07, 6.45) is 1.11. The van der Waals surface area contributed by atoms with Gasteiger partial charge in [0.2, 0.25) is 5.91 Å². The average molecular weight is 384 g/mol. The average Bonchev–Trinajstić information content (AvgIpc) is 2.49. The quantitative estimate of drug-likeness (QED) is 0.790. The largest absolute Gasteiger partial charge is 0.324 e. The molecule has 24 heavy (non-hydrogen) atoms. The maximum atomic E-state index is 12.2. The topological polar surface area (TPSA) is 63.2 Å². The third-order valence-electron chi connectivity index (χ3n) is 3.34. The SMILES string of the molecule is Cc1ccc(C)c(SCC(=O)Nc2cc(S(C)(=O)=O)ccc2Cl)c1. The van der Waals surface area contributed by atoms with Crippen LogP contribution < -0.4 is 5.32 Å². The zero-order chi connectivity index (χ0) is 17.9. The van der Waals surface area contributed by atoms with Crippen LogP contribution in [0.4, 0.5) is 5.69 Å². The predicted octanol–water partition coefficient (Wildman–Crippen LogP) is 4.09. The molecule has 0 saturated carbocycles. The number of hydrogen-bond donors (Lipinski definition) is 1. The second kappa shape index (κ2) is 7.59. The van der Waals surface area contributed by atoms with Gasteiger partial charge in [-0.25, -0.2) is 8.42 Å². The van der Waals surface area contributed by atoms with Gasteiger partial charge in [0.15, 0.2) is 9.84 Å². The molecule has 0 bridgehead atoms. The number of sulfone groups is 1. The molecule has 2 aromatic carbocycles. The molecule has 0 unspecified atom stereocenters. The molecule has 7 heteroatoms. The summed E-state index contributed by atoms with van der Waals surface area (Å²) < 4.78 is 23.2. The van der Waals surface area contributed by atoms with Gasteiger partial charge in [-0.2, -0.15) is 0 Å². The molecule has 1 N–H and O–H groups in total. The van der Waals surface area contributed by atoms with Gasteiger partial charge in [-0.05, 0) is 43.7 Å². The first-order chi connectivity index (χ1) is 11.2. The van der Waals surface area contributed by atoms with Crippen LogP contribution in [0.5, 0.6) is 0 Å². The van der Waals surface area contributed by atoms with Crippen molar-refractivity contribution in [3.8, 4) is 0 Å². The van der Waals surface area contributed by atoms with Crippen LogP contribution in [0.15, 0.2) is 46.2 Å². The normalized spacial score (nSPS) is 11.3. The van der Waals surface area contributed by atoms with E-state index in [1.807, 2.05) is 32.0 Å². The Morgan fingerprint density at radius 3 is 2.54 bits per heavy atom. The van der Waals surface area contributed by atoms with Crippen molar-refractivity contribution in [1.29, 1.82) is 0 Å². The molecule has 0 aliphatic rings. The first kappa shape index (κ1) is 18.8. The van der Waals surface area contributed by atoms with Crippen molar-refractivity contribution in [1.82, 2.24) is 0 Å². The molecule has 0 atom stereocenters. The molecule has 2 aromatic rings. The minimum Gasteiger partial charge on any atom is -0.324 e. The summed E-state index contributed by atoms with van der Waals surface area (Å²) in [4.78, 5) is 13.3. The molecule has 1 amide bonds. The summed E-state index contributed by atoms with van der Waals surface area (Å²) in [7, 11) is -3.36. The maximum absolute atomic E-state index is 12.2. The highest BCUT2D eigenvalue weighted by molar-refractivity contribution is 8.00. The molecule has 2 rings (SSSR count). The fraction of sp³-hybridized carbons (Fsp3) is 0.235. The zero-order valence-electron chi connectivity index (χ0n) is 13.6. The number of benzene rings is 2. The Balaban J connectivity index is 2.09. The summed E-state index contributed by atoms with van der Waals surface area (Å²) in [5.41, 5.74) is 2.54. The van der Waals surface area contributed by atoms with Gasteiger partial charge in [-0.15, -0.1) is 11.8 Å². The Morgan fingerprint density at radius 2 is 1.88 bits per heavy atom. The molecule has 0 aliphatic carbocycles. The van der Waals surface area contributed by atoms with Crippen LogP contribution in [-0.2, 0) is 14.6 Å². The van der Waals surface area contributed by atoms with Crippen molar-refractivity contribution < 1.29 is 13.2 Å². The standard InChI is InChI=1S/C17H18ClNO3S2/c1-11-4-5-12(2)16(8-11)23-10-17(20)19-15-9-13(24(3,21)22)6-7-14(15)18/h4-9H,10H2,1-3H3,(H,19,20). The van der Waals surface area contributed by atoms with E-state index < -0.39 is 9.84 Å². The molecule has 0 aliphatic heterocycles. The first-order valence-corrected chi connectivity index (χ1v) is 10.4. The van der Waals surface area contributed by atoms with Crippen molar-refractivity contribution in [2.45, 2.75) is 23.6 Å². The van der Waals surface area contributed by atoms with E-state index in [2.05, 4.69) is 5.32 Å². The molecule has 0 saturated heterocycles. The lowest BCUT2D eigenvalue weighted by Crippen LogP contribution is -2.15. The number of aryl methyl sites for hydroxylation is 2. The van der Waals surface area contributed by atoms with E-state index >= 15 is 0 Å². The van der Waals surface area contributed by atoms with Crippen LogP contribution >= 0.6 is 23.4 Å². The smallest absolute Gasteiger partial charge is 0.234 e. The maximum Gasteiger partial charge on any atom is 0.234 e. The fourth-order valence-electron chi connectivity index (χ4n) is 2.02. The number of halogens is 1. The van der Waals surface area contributed by atoms with Crippen molar-refractivity contribution in [2.24, 2.45) is 0 Å². The van der Waals surface area contributed by atoms with Gasteiger partial charge in [-0.3, -0.25) is 4.79 Å². The van der Waals surface area contributed by atoms with Gasteiger partial charge < -0.3 is 5.32 Å². The number of hydrogen-bond acceptors (Lipinski definition) is 4. The number of rotatable bonds is 5. The number of nitrogens with one attached hydrogen (secondary N) is 1. The first-order valence-electron chi connectivity index (χ1n) is 7.16. The number of amides is 1. The Morgan fingerprint density at radius 1 is 1.17 bits per heavy atom. The van der Waals surface area contributed by atoms with Crippen LogP contribution in [0.25, 0.3) is 0 Å². The zero-order valence-corrected chi connectivity index (χ0v) is 16.0. The van der Waals surface area contributed by atoms with E-state index in [-0.39, 0.29) is 16.6 Å². The fourth-order valence-corrected chi connectivity index (χ4v) is 3.76. The Labute approximate surface area is 151 Å². The van der Waals surface area contributed by atoms with E-state index in [9.17, 15) is 13.2 Å². The Hall–Kier alpha value is -1.50. The van der Waals surface area contributed by atoms with E-state index in [4.69, 9.17) is 11.6 Å². The molecular formula is C17H18ClNO3S2. The minimum absolute atomic E-state index is 0.115.